The molecule has 0 saturated heterocycles. The van der Waals surface area contributed by atoms with Crippen molar-refractivity contribution < 1.29 is 9.90 Å². The van der Waals surface area contributed by atoms with Crippen molar-refractivity contribution in [3.05, 3.63) is 48.7 Å². The van der Waals surface area contributed by atoms with E-state index in [1.54, 1.807) is 10.8 Å². The molecular weight excluding hydrogens is 270 g/mol. The van der Waals surface area contributed by atoms with Gasteiger partial charge in [-0.05, 0) is 6.07 Å². The van der Waals surface area contributed by atoms with Crippen LogP contribution in [0.5, 0.6) is 0 Å². The van der Waals surface area contributed by atoms with Gasteiger partial charge in [-0.1, -0.05) is 18.2 Å². The third-order valence-corrected chi connectivity index (χ3v) is 3.08. The summed E-state index contributed by atoms with van der Waals surface area (Å²) < 4.78 is 1.73. The molecule has 0 spiro atoms. The monoisotopic (exact) mass is 283 g/mol. The number of hydrogen-bond acceptors (Lipinski definition) is 5. The molecule has 0 fully saturated rings. The number of benzene rings is 1. The van der Waals surface area contributed by atoms with E-state index >= 15 is 0 Å². The van der Waals surface area contributed by atoms with Gasteiger partial charge in [-0.2, -0.15) is 10.2 Å². The maximum Gasteiger partial charge on any atom is 0.356 e. The fourth-order valence-electron chi connectivity index (χ4n) is 2.06. The fourth-order valence-corrected chi connectivity index (χ4v) is 2.06. The molecule has 3 rings (SSSR count). The molecule has 2 N–H and O–H groups in total. The molecule has 2 aromatic heterocycles. The maximum atomic E-state index is 10.7. The third kappa shape index (κ3) is 2.81. The van der Waals surface area contributed by atoms with E-state index in [2.05, 4.69) is 20.5 Å². The Hall–Kier alpha value is -2.96. The predicted octanol–water partition coefficient (Wildman–Crippen LogP) is 1.64. The van der Waals surface area contributed by atoms with Crippen LogP contribution in [0.2, 0.25) is 0 Å². The van der Waals surface area contributed by atoms with Crippen molar-refractivity contribution in [3.8, 4) is 0 Å². The molecule has 7 heteroatoms. The van der Waals surface area contributed by atoms with Gasteiger partial charge in [-0.25, -0.2) is 9.78 Å². The van der Waals surface area contributed by atoms with Crippen molar-refractivity contribution >= 4 is 22.6 Å². The minimum Gasteiger partial charge on any atom is -0.476 e. The summed E-state index contributed by atoms with van der Waals surface area (Å²) >= 11 is 0. The molecule has 7 nitrogen and oxygen atoms in total. The summed E-state index contributed by atoms with van der Waals surface area (Å²) in [4.78, 5) is 14.6. The average molecular weight is 283 g/mol. The first-order valence-electron chi connectivity index (χ1n) is 6.43. The number of anilines is 1. The standard InChI is InChI=1S/C14H13N5O2/c20-14(21)13-8-19(9-16-13)6-5-15-12-7-17-18-11-4-2-1-3-10(11)12/h1-4,7-9H,5-6H2,(H,15,18)(H,20,21). The minimum atomic E-state index is -1.02. The Morgan fingerprint density at radius 1 is 1.33 bits per heavy atom. The SMILES string of the molecule is O=C(O)c1cn(CCNc2cnnc3ccccc23)cn1. The predicted molar refractivity (Wildman–Crippen MR) is 77.2 cm³/mol. The number of hydrogen-bond donors (Lipinski definition) is 2. The molecule has 21 heavy (non-hydrogen) atoms. The molecule has 1 aromatic carbocycles. The molecule has 0 aliphatic heterocycles. The second-order valence-corrected chi connectivity index (χ2v) is 4.50. The lowest BCUT2D eigenvalue weighted by Gasteiger charge is -2.08. The van der Waals surface area contributed by atoms with Crippen molar-refractivity contribution in [3.63, 3.8) is 0 Å². The Morgan fingerprint density at radius 2 is 2.19 bits per heavy atom. The van der Waals surface area contributed by atoms with Gasteiger partial charge in [0.2, 0.25) is 0 Å². The van der Waals surface area contributed by atoms with Crippen molar-refractivity contribution in [2.75, 3.05) is 11.9 Å². The fraction of sp³-hybridized carbons (Fsp3) is 0.143. The van der Waals surface area contributed by atoms with Crippen molar-refractivity contribution in [2.24, 2.45) is 0 Å². The largest absolute Gasteiger partial charge is 0.476 e. The van der Waals surface area contributed by atoms with Crippen LogP contribution in [-0.2, 0) is 6.54 Å². The average Bonchev–Trinajstić information content (AvgIpc) is 2.97. The molecule has 0 radical (unpaired) electrons. The second-order valence-electron chi connectivity index (χ2n) is 4.50. The lowest BCUT2D eigenvalue weighted by molar-refractivity contribution is 0.0691. The van der Waals surface area contributed by atoms with Crippen molar-refractivity contribution in [2.45, 2.75) is 6.54 Å². The first kappa shape index (κ1) is 13.0. The van der Waals surface area contributed by atoms with Crippen LogP contribution in [0.1, 0.15) is 10.5 Å². The summed E-state index contributed by atoms with van der Waals surface area (Å²) in [5.41, 5.74) is 1.78. The second kappa shape index (κ2) is 5.58. The van der Waals surface area contributed by atoms with Crippen LogP contribution in [-0.4, -0.2) is 37.4 Å². The number of aromatic nitrogens is 4. The third-order valence-electron chi connectivity index (χ3n) is 3.08. The first-order valence-corrected chi connectivity index (χ1v) is 6.43. The number of fused-ring (bicyclic) bond motifs is 1. The molecule has 0 aliphatic carbocycles. The van der Waals surface area contributed by atoms with Gasteiger partial charge in [0.05, 0.1) is 23.7 Å². The Kier molecular flexibility index (Phi) is 3.46. The molecule has 0 bridgehead atoms. The van der Waals surface area contributed by atoms with E-state index < -0.39 is 5.97 Å². The summed E-state index contributed by atoms with van der Waals surface area (Å²) in [5, 5.41) is 21.1. The number of aromatic carboxylic acids is 1. The number of carbonyl (C=O) groups is 1. The van der Waals surface area contributed by atoms with E-state index in [0.717, 1.165) is 16.6 Å². The van der Waals surface area contributed by atoms with Crippen LogP contribution in [0.3, 0.4) is 0 Å². The first-order chi connectivity index (χ1) is 10.2. The van der Waals surface area contributed by atoms with Gasteiger partial charge >= 0.3 is 5.97 Å². The Bertz CT molecular complexity index is 778. The Labute approximate surface area is 120 Å². The Morgan fingerprint density at radius 3 is 3.00 bits per heavy atom. The molecule has 0 unspecified atom stereocenters. The van der Waals surface area contributed by atoms with E-state index in [4.69, 9.17) is 5.11 Å². The smallest absolute Gasteiger partial charge is 0.356 e. The summed E-state index contributed by atoms with van der Waals surface area (Å²) in [6.07, 6.45) is 4.69. The number of nitrogens with zero attached hydrogens (tertiary/aromatic N) is 4. The zero-order valence-corrected chi connectivity index (χ0v) is 11.1. The summed E-state index contributed by atoms with van der Waals surface area (Å²) in [5.74, 6) is -1.02. The maximum absolute atomic E-state index is 10.7. The van der Waals surface area contributed by atoms with Crippen LogP contribution >= 0.6 is 0 Å². The summed E-state index contributed by atoms with van der Waals surface area (Å²) in [6, 6.07) is 7.75. The van der Waals surface area contributed by atoms with Gasteiger partial charge < -0.3 is 15.0 Å². The zero-order valence-electron chi connectivity index (χ0n) is 11.1. The van der Waals surface area contributed by atoms with E-state index in [0.29, 0.717) is 13.1 Å². The minimum absolute atomic E-state index is 0.0472. The highest BCUT2D eigenvalue weighted by Gasteiger charge is 2.06. The van der Waals surface area contributed by atoms with Gasteiger partial charge in [0.1, 0.15) is 0 Å². The van der Waals surface area contributed by atoms with Crippen LogP contribution < -0.4 is 5.32 Å². The lowest BCUT2D eigenvalue weighted by atomic mass is 10.2. The molecule has 0 amide bonds. The number of nitrogens with one attached hydrogen (secondary N) is 1. The number of carboxylic acids is 1. The van der Waals surface area contributed by atoms with Crippen molar-refractivity contribution in [1.82, 2.24) is 19.7 Å². The topological polar surface area (TPSA) is 92.9 Å². The van der Waals surface area contributed by atoms with Gasteiger partial charge in [-0.3, -0.25) is 0 Å². The van der Waals surface area contributed by atoms with Gasteiger partial charge in [0.15, 0.2) is 5.69 Å². The molecule has 106 valence electrons. The molecule has 3 aromatic rings. The van der Waals surface area contributed by atoms with E-state index in [1.807, 2.05) is 24.3 Å². The summed E-state index contributed by atoms with van der Waals surface area (Å²) in [7, 11) is 0. The normalized spacial score (nSPS) is 10.7. The Balaban J connectivity index is 1.68. The lowest BCUT2D eigenvalue weighted by Crippen LogP contribution is -2.10. The summed E-state index contributed by atoms with van der Waals surface area (Å²) in [6.45, 7) is 1.24. The molecule has 0 aliphatic rings. The van der Waals surface area contributed by atoms with Crippen LogP contribution in [0.25, 0.3) is 10.9 Å². The highest BCUT2D eigenvalue weighted by atomic mass is 16.4. The molecule has 2 heterocycles. The number of imidazole rings is 1. The van der Waals surface area contributed by atoms with E-state index in [1.165, 1.54) is 12.5 Å². The van der Waals surface area contributed by atoms with Gasteiger partial charge in [0, 0.05) is 24.7 Å². The molecule has 0 atom stereocenters. The van der Waals surface area contributed by atoms with Gasteiger partial charge in [0.25, 0.3) is 0 Å². The van der Waals surface area contributed by atoms with E-state index in [-0.39, 0.29) is 5.69 Å². The number of rotatable bonds is 5. The number of carboxylic acid groups (broad SMARTS) is 1. The van der Waals surface area contributed by atoms with Crippen LogP contribution in [0, 0.1) is 0 Å². The van der Waals surface area contributed by atoms with E-state index in [9.17, 15) is 4.79 Å². The highest BCUT2D eigenvalue weighted by Crippen LogP contribution is 2.19. The van der Waals surface area contributed by atoms with Crippen molar-refractivity contribution in [1.29, 1.82) is 0 Å². The van der Waals surface area contributed by atoms with Crippen LogP contribution in [0.4, 0.5) is 5.69 Å². The van der Waals surface area contributed by atoms with Crippen LogP contribution in [0.15, 0.2) is 43.0 Å². The molecular formula is C14H13N5O2. The molecule has 0 saturated carbocycles. The zero-order chi connectivity index (χ0) is 14.7. The highest BCUT2D eigenvalue weighted by molar-refractivity contribution is 5.90. The quantitative estimate of drug-likeness (QED) is 0.739. The van der Waals surface area contributed by atoms with Gasteiger partial charge in [-0.15, -0.1) is 0 Å².